The number of hydrogen-bond acceptors (Lipinski definition) is 2. The molecule has 1 aromatic carbocycles. The molecule has 1 heterocycles. The number of aryl methyl sites for hydroxylation is 3. The van der Waals surface area contributed by atoms with E-state index >= 15 is 0 Å². The highest BCUT2D eigenvalue weighted by molar-refractivity contribution is 5.77. The Hall–Kier alpha value is -1.44. The van der Waals surface area contributed by atoms with Crippen molar-refractivity contribution in [3.63, 3.8) is 0 Å². The number of fused-ring (bicyclic) bond motifs is 1. The van der Waals surface area contributed by atoms with Crippen molar-refractivity contribution in [2.24, 2.45) is 0 Å². The van der Waals surface area contributed by atoms with Crippen LogP contribution in [0.4, 0.5) is 0 Å². The Morgan fingerprint density at radius 3 is 2.64 bits per heavy atom. The van der Waals surface area contributed by atoms with E-state index < -0.39 is 0 Å². The number of aromatic nitrogens is 2. The molecular formula is C12H14N2. The maximum absolute atomic E-state index is 4.59. The summed E-state index contributed by atoms with van der Waals surface area (Å²) in [6, 6.07) is 6.12. The zero-order chi connectivity index (χ0) is 10.1. The predicted octanol–water partition coefficient (Wildman–Crippen LogP) is 2.81. The standard InChI is InChI=1S/C12H14N2/c1-4-10-9(3)13-12-8(2)6-5-7-11(12)14-10/h5-7H,4H2,1-3H3. The number of benzene rings is 1. The maximum Gasteiger partial charge on any atom is 0.0919 e. The minimum Gasteiger partial charge on any atom is -0.249 e. The molecule has 72 valence electrons. The molecule has 14 heavy (non-hydrogen) atoms. The highest BCUT2D eigenvalue weighted by atomic mass is 14.8. The van der Waals surface area contributed by atoms with Crippen molar-refractivity contribution in [1.29, 1.82) is 0 Å². The summed E-state index contributed by atoms with van der Waals surface area (Å²) in [6.45, 7) is 6.21. The van der Waals surface area contributed by atoms with Gasteiger partial charge in [-0.3, -0.25) is 0 Å². The molecule has 0 radical (unpaired) electrons. The van der Waals surface area contributed by atoms with E-state index in [1.807, 2.05) is 19.1 Å². The molecule has 0 amide bonds. The molecule has 0 saturated heterocycles. The van der Waals surface area contributed by atoms with E-state index in [1.54, 1.807) is 0 Å². The third-order valence-electron chi connectivity index (χ3n) is 2.50. The lowest BCUT2D eigenvalue weighted by atomic mass is 10.1. The van der Waals surface area contributed by atoms with Crippen LogP contribution in [0.5, 0.6) is 0 Å². The Morgan fingerprint density at radius 1 is 1.14 bits per heavy atom. The van der Waals surface area contributed by atoms with Gasteiger partial charge < -0.3 is 0 Å². The van der Waals surface area contributed by atoms with E-state index in [2.05, 4.69) is 29.9 Å². The van der Waals surface area contributed by atoms with E-state index in [4.69, 9.17) is 0 Å². The maximum atomic E-state index is 4.59. The summed E-state index contributed by atoms with van der Waals surface area (Å²) in [7, 11) is 0. The molecule has 0 aliphatic heterocycles. The van der Waals surface area contributed by atoms with Gasteiger partial charge >= 0.3 is 0 Å². The van der Waals surface area contributed by atoms with Gasteiger partial charge in [0.15, 0.2) is 0 Å². The van der Waals surface area contributed by atoms with Crippen molar-refractivity contribution >= 4 is 11.0 Å². The second-order valence-electron chi connectivity index (χ2n) is 3.55. The number of rotatable bonds is 1. The van der Waals surface area contributed by atoms with Gasteiger partial charge in [-0.15, -0.1) is 0 Å². The molecule has 0 N–H and O–H groups in total. The summed E-state index contributed by atoms with van der Waals surface area (Å²) in [5.41, 5.74) is 5.38. The Balaban J connectivity index is 2.79. The first-order valence-electron chi connectivity index (χ1n) is 4.95. The van der Waals surface area contributed by atoms with Crippen molar-refractivity contribution in [2.75, 3.05) is 0 Å². The number of para-hydroxylation sites is 1. The van der Waals surface area contributed by atoms with Crippen molar-refractivity contribution < 1.29 is 0 Å². The number of nitrogens with zero attached hydrogens (tertiary/aromatic N) is 2. The predicted molar refractivity (Wildman–Crippen MR) is 58.4 cm³/mol. The SMILES string of the molecule is CCc1nc2cccc(C)c2nc1C. The quantitative estimate of drug-likeness (QED) is 0.684. The summed E-state index contributed by atoms with van der Waals surface area (Å²) in [6.07, 6.45) is 0.947. The van der Waals surface area contributed by atoms with E-state index in [9.17, 15) is 0 Å². The van der Waals surface area contributed by atoms with Crippen molar-refractivity contribution in [1.82, 2.24) is 9.97 Å². The molecule has 2 nitrogen and oxygen atoms in total. The van der Waals surface area contributed by atoms with Crippen LogP contribution in [0.3, 0.4) is 0 Å². The minimum atomic E-state index is 0.947. The lowest BCUT2D eigenvalue weighted by Gasteiger charge is -2.05. The molecule has 0 aliphatic carbocycles. The van der Waals surface area contributed by atoms with E-state index in [0.717, 1.165) is 28.8 Å². The van der Waals surface area contributed by atoms with Crippen LogP contribution < -0.4 is 0 Å². The fraction of sp³-hybridized carbons (Fsp3) is 0.333. The van der Waals surface area contributed by atoms with Crippen molar-refractivity contribution in [3.8, 4) is 0 Å². The summed E-state index contributed by atoms with van der Waals surface area (Å²) >= 11 is 0. The third-order valence-corrected chi connectivity index (χ3v) is 2.50. The topological polar surface area (TPSA) is 25.8 Å². The van der Waals surface area contributed by atoms with Gasteiger partial charge in [0.1, 0.15) is 0 Å². The lowest BCUT2D eigenvalue weighted by molar-refractivity contribution is 0.987. The summed E-state index contributed by atoms with van der Waals surface area (Å²) in [5.74, 6) is 0. The van der Waals surface area contributed by atoms with Crippen LogP contribution in [0, 0.1) is 13.8 Å². The first-order valence-corrected chi connectivity index (χ1v) is 4.95. The van der Waals surface area contributed by atoms with Crippen LogP contribution in [-0.4, -0.2) is 9.97 Å². The second-order valence-corrected chi connectivity index (χ2v) is 3.55. The Morgan fingerprint density at radius 2 is 1.93 bits per heavy atom. The zero-order valence-corrected chi connectivity index (χ0v) is 8.83. The molecule has 0 bridgehead atoms. The molecule has 0 saturated carbocycles. The van der Waals surface area contributed by atoms with Gasteiger partial charge in [0.2, 0.25) is 0 Å². The van der Waals surface area contributed by atoms with Gasteiger partial charge in [-0.25, -0.2) is 9.97 Å². The molecular weight excluding hydrogens is 172 g/mol. The molecule has 0 unspecified atom stereocenters. The fourth-order valence-corrected chi connectivity index (χ4v) is 1.67. The Kier molecular flexibility index (Phi) is 2.20. The third kappa shape index (κ3) is 1.37. The molecule has 2 rings (SSSR count). The molecule has 2 heteroatoms. The largest absolute Gasteiger partial charge is 0.249 e. The molecule has 0 atom stereocenters. The molecule has 0 spiro atoms. The highest BCUT2D eigenvalue weighted by Crippen LogP contribution is 2.16. The van der Waals surface area contributed by atoms with Gasteiger partial charge in [0, 0.05) is 0 Å². The van der Waals surface area contributed by atoms with E-state index in [0.29, 0.717) is 0 Å². The van der Waals surface area contributed by atoms with Gasteiger partial charge in [0.05, 0.1) is 22.4 Å². The zero-order valence-electron chi connectivity index (χ0n) is 8.83. The van der Waals surface area contributed by atoms with E-state index in [-0.39, 0.29) is 0 Å². The molecule has 0 fully saturated rings. The molecule has 1 aromatic heterocycles. The first-order chi connectivity index (χ1) is 6.72. The Labute approximate surface area is 84.0 Å². The van der Waals surface area contributed by atoms with Gasteiger partial charge in [0.25, 0.3) is 0 Å². The highest BCUT2D eigenvalue weighted by Gasteiger charge is 2.04. The first kappa shape index (κ1) is 9.13. The van der Waals surface area contributed by atoms with Gasteiger partial charge in [-0.05, 0) is 31.9 Å². The fourth-order valence-electron chi connectivity index (χ4n) is 1.67. The van der Waals surface area contributed by atoms with Crippen LogP contribution in [0.25, 0.3) is 11.0 Å². The smallest absolute Gasteiger partial charge is 0.0919 e. The van der Waals surface area contributed by atoms with Crippen LogP contribution in [0.15, 0.2) is 18.2 Å². The minimum absolute atomic E-state index is 0.947. The monoisotopic (exact) mass is 186 g/mol. The van der Waals surface area contributed by atoms with Crippen LogP contribution in [0.2, 0.25) is 0 Å². The van der Waals surface area contributed by atoms with Crippen LogP contribution in [0.1, 0.15) is 23.9 Å². The summed E-state index contributed by atoms with van der Waals surface area (Å²) in [4.78, 5) is 9.18. The van der Waals surface area contributed by atoms with Crippen LogP contribution >= 0.6 is 0 Å². The average molecular weight is 186 g/mol. The lowest BCUT2D eigenvalue weighted by Crippen LogP contribution is -1.97. The van der Waals surface area contributed by atoms with Crippen molar-refractivity contribution in [2.45, 2.75) is 27.2 Å². The second kappa shape index (κ2) is 3.37. The normalized spacial score (nSPS) is 10.8. The Bertz CT molecular complexity index is 475. The summed E-state index contributed by atoms with van der Waals surface area (Å²) < 4.78 is 0. The summed E-state index contributed by atoms with van der Waals surface area (Å²) in [5, 5.41) is 0. The van der Waals surface area contributed by atoms with E-state index in [1.165, 1.54) is 5.56 Å². The van der Waals surface area contributed by atoms with Crippen LogP contribution in [-0.2, 0) is 6.42 Å². The number of hydrogen-bond donors (Lipinski definition) is 0. The molecule has 2 aromatic rings. The van der Waals surface area contributed by atoms with Crippen molar-refractivity contribution in [3.05, 3.63) is 35.2 Å². The molecule has 0 aliphatic rings. The van der Waals surface area contributed by atoms with Gasteiger partial charge in [-0.1, -0.05) is 19.1 Å². The van der Waals surface area contributed by atoms with Gasteiger partial charge in [-0.2, -0.15) is 0 Å². The average Bonchev–Trinajstić information content (AvgIpc) is 2.19.